The smallest absolute Gasteiger partial charge is 0.194 e. The Morgan fingerprint density at radius 3 is 2.87 bits per heavy atom. The van der Waals surface area contributed by atoms with E-state index < -0.39 is 0 Å². The van der Waals surface area contributed by atoms with Crippen molar-refractivity contribution in [1.82, 2.24) is 0 Å². The molecule has 1 heteroatoms. The Kier molecular flexibility index (Phi) is 1.69. The average Bonchev–Trinajstić information content (AvgIpc) is 2.57. The fourth-order valence-electron chi connectivity index (χ4n) is 2.46. The minimum Gasteiger partial charge on any atom is -0.194 e. The molecule has 0 atom stereocenters. The second kappa shape index (κ2) is 2.93. The highest BCUT2D eigenvalue weighted by molar-refractivity contribution is 5.66. The van der Waals surface area contributed by atoms with Crippen LogP contribution in [0.3, 0.4) is 0 Å². The fraction of sp³-hybridized carbons (Fsp3) is 0.214. The summed E-state index contributed by atoms with van der Waals surface area (Å²) in [5, 5.41) is 0. The van der Waals surface area contributed by atoms with Crippen LogP contribution >= 0.6 is 0 Å². The fourth-order valence-corrected chi connectivity index (χ4v) is 2.46. The molecule has 74 valence electrons. The second-order valence-electron chi connectivity index (χ2n) is 4.32. The molecule has 1 aromatic heterocycles. The third kappa shape index (κ3) is 1.19. The maximum atomic E-state index is 2.32. The molecule has 0 amide bonds. The van der Waals surface area contributed by atoms with Crippen molar-refractivity contribution in [1.29, 1.82) is 0 Å². The number of pyridine rings is 1. The first kappa shape index (κ1) is 8.66. The van der Waals surface area contributed by atoms with Crippen molar-refractivity contribution in [3.8, 4) is 11.3 Å². The summed E-state index contributed by atoms with van der Waals surface area (Å²) in [6.45, 7) is 5.40. The summed E-state index contributed by atoms with van der Waals surface area (Å²) in [6.07, 6.45) is 2.16. The Morgan fingerprint density at radius 1 is 1.13 bits per heavy atom. The van der Waals surface area contributed by atoms with Crippen molar-refractivity contribution in [2.24, 2.45) is 0 Å². The molecule has 0 N–H and O–H groups in total. The minimum absolute atomic E-state index is 1.03. The number of benzene rings is 1. The lowest BCUT2D eigenvalue weighted by atomic mass is 9.99. The Balaban J connectivity index is 2.33. The van der Waals surface area contributed by atoms with Crippen molar-refractivity contribution < 1.29 is 4.57 Å². The van der Waals surface area contributed by atoms with Crippen LogP contribution < -0.4 is 4.57 Å². The Bertz CT molecular complexity index is 541. The van der Waals surface area contributed by atoms with Gasteiger partial charge in [-0.15, -0.1) is 0 Å². The molecule has 0 saturated heterocycles. The summed E-state index contributed by atoms with van der Waals surface area (Å²) in [5.74, 6) is 0. The molecule has 1 aliphatic heterocycles. The van der Waals surface area contributed by atoms with Crippen molar-refractivity contribution in [2.75, 3.05) is 0 Å². The first-order valence-corrected chi connectivity index (χ1v) is 5.34. The molecule has 0 unspecified atom stereocenters. The molecular formula is C14H14N+. The summed E-state index contributed by atoms with van der Waals surface area (Å²) in [7, 11) is 0. The molecule has 0 saturated carbocycles. The zero-order chi connectivity index (χ0) is 10.4. The first-order valence-electron chi connectivity index (χ1n) is 5.34. The van der Waals surface area contributed by atoms with E-state index in [1.807, 2.05) is 0 Å². The van der Waals surface area contributed by atoms with Crippen molar-refractivity contribution in [2.45, 2.75) is 20.4 Å². The van der Waals surface area contributed by atoms with E-state index in [4.69, 9.17) is 0 Å². The normalized spacial score (nSPS) is 12.4. The molecule has 0 radical (unpaired) electrons. The van der Waals surface area contributed by atoms with Crippen molar-refractivity contribution in [3.05, 3.63) is 53.2 Å². The van der Waals surface area contributed by atoms with Gasteiger partial charge in [0.1, 0.15) is 0 Å². The van der Waals surface area contributed by atoms with Crippen LogP contribution in [0.4, 0.5) is 0 Å². The predicted octanol–water partition coefficient (Wildman–Crippen LogP) is 2.62. The Labute approximate surface area is 90.0 Å². The molecule has 0 bridgehead atoms. The number of aryl methyl sites for hydroxylation is 2. The van der Waals surface area contributed by atoms with E-state index in [1.165, 1.54) is 27.9 Å². The van der Waals surface area contributed by atoms with Gasteiger partial charge in [0.2, 0.25) is 5.69 Å². The lowest BCUT2D eigenvalue weighted by Gasteiger charge is -2.01. The number of hydrogen-bond donors (Lipinski definition) is 0. The number of hydrogen-bond acceptors (Lipinski definition) is 0. The number of aromatic nitrogens is 1. The van der Waals surface area contributed by atoms with Crippen molar-refractivity contribution >= 4 is 0 Å². The maximum Gasteiger partial charge on any atom is 0.213 e. The minimum atomic E-state index is 1.03. The molecule has 0 fully saturated rings. The Morgan fingerprint density at radius 2 is 2.00 bits per heavy atom. The summed E-state index contributed by atoms with van der Waals surface area (Å²) in [5.41, 5.74) is 7.00. The van der Waals surface area contributed by atoms with E-state index in [0.717, 1.165) is 6.54 Å². The average molecular weight is 196 g/mol. The molecule has 3 rings (SSSR count). The highest BCUT2D eigenvalue weighted by Crippen LogP contribution is 2.29. The van der Waals surface area contributed by atoms with Crippen LogP contribution in [0.15, 0.2) is 36.5 Å². The van der Waals surface area contributed by atoms with Gasteiger partial charge in [-0.1, -0.05) is 6.07 Å². The van der Waals surface area contributed by atoms with Gasteiger partial charge < -0.3 is 0 Å². The van der Waals surface area contributed by atoms with Gasteiger partial charge >= 0.3 is 0 Å². The van der Waals surface area contributed by atoms with E-state index >= 15 is 0 Å². The second-order valence-corrected chi connectivity index (χ2v) is 4.32. The molecular weight excluding hydrogens is 182 g/mol. The lowest BCUT2D eigenvalue weighted by molar-refractivity contribution is -0.672. The van der Waals surface area contributed by atoms with Crippen LogP contribution in [0.1, 0.15) is 16.7 Å². The van der Waals surface area contributed by atoms with Gasteiger partial charge in [-0.25, -0.2) is 0 Å². The summed E-state index contributed by atoms with van der Waals surface area (Å²) < 4.78 is 2.32. The SMILES string of the molecule is Cc1cc(C)c2c(c1)-c1cccc[n+]1C2. The van der Waals surface area contributed by atoms with Crippen LogP contribution in [0, 0.1) is 13.8 Å². The molecule has 15 heavy (non-hydrogen) atoms. The molecule has 2 aromatic rings. The molecule has 1 aromatic carbocycles. The van der Waals surface area contributed by atoms with E-state index in [9.17, 15) is 0 Å². The molecule has 0 spiro atoms. The van der Waals surface area contributed by atoms with Gasteiger partial charge in [0.15, 0.2) is 12.7 Å². The summed E-state index contributed by atoms with van der Waals surface area (Å²) in [4.78, 5) is 0. The topological polar surface area (TPSA) is 3.88 Å². The van der Waals surface area contributed by atoms with Crippen LogP contribution in [-0.4, -0.2) is 0 Å². The van der Waals surface area contributed by atoms with Gasteiger partial charge in [-0.3, -0.25) is 0 Å². The summed E-state index contributed by atoms with van der Waals surface area (Å²) in [6, 6.07) is 11.0. The van der Waals surface area contributed by atoms with Gasteiger partial charge in [0, 0.05) is 17.7 Å². The highest BCUT2D eigenvalue weighted by Gasteiger charge is 2.26. The lowest BCUT2D eigenvalue weighted by Crippen LogP contribution is -2.31. The third-order valence-electron chi connectivity index (χ3n) is 3.16. The largest absolute Gasteiger partial charge is 0.213 e. The van der Waals surface area contributed by atoms with Crippen LogP contribution in [0.25, 0.3) is 11.3 Å². The van der Waals surface area contributed by atoms with Gasteiger partial charge in [-0.2, -0.15) is 4.57 Å². The molecule has 0 aliphatic carbocycles. The zero-order valence-electron chi connectivity index (χ0n) is 9.12. The van der Waals surface area contributed by atoms with Gasteiger partial charge in [0.05, 0.1) is 5.56 Å². The van der Waals surface area contributed by atoms with Crippen LogP contribution in [0.5, 0.6) is 0 Å². The quantitative estimate of drug-likeness (QED) is 0.487. The highest BCUT2D eigenvalue weighted by atomic mass is 15.0. The standard InChI is InChI=1S/C14H14N/c1-10-7-11(2)13-9-15-6-4-3-5-14(15)12(13)8-10/h3-8H,9H2,1-2H3/q+1. The van der Waals surface area contributed by atoms with Gasteiger partial charge in [-0.05, 0) is 37.1 Å². The van der Waals surface area contributed by atoms with Gasteiger partial charge in [0.25, 0.3) is 0 Å². The predicted molar refractivity (Wildman–Crippen MR) is 60.6 cm³/mol. The summed E-state index contributed by atoms with van der Waals surface area (Å²) >= 11 is 0. The number of rotatable bonds is 0. The van der Waals surface area contributed by atoms with Crippen LogP contribution in [-0.2, 0) is 6.54 Å². The molecule has 2 heterocycles. The monoisotopic (exact) mass is 196 g/mol. The molecule has 1 aliphatic rings. The Hall–Kier alpha value is -1.63. The van der Waals surface area contributed by atoms with E-state index in [1.54, 1.807) is 0 Å². The van der Waals surface area contributed by atoms with Crippen molar-refractivity contribution in [3.63, 3.8) is 0 Å². The molecule has 1 nitrogen and oxygen atoms in total. The van der Waals surface area contributed by atoms with E-state index in [2.05, 4.69) is 54.9 Å². The first-order chi connectivity index (χ1) is 7.25. The van der Waals surface area contributed by atoms with Crippen LogP contribution in [0.2, 0.25) is 0 Å². The number of nitrogens with zero attached hydrogens (tertiary/aromatic N) is 1. The third-order valence-corrected chi connectivity index (χ3v) is 3.16. The van der Waals surface area contributed by atoms with E-state index in [0.29, 0.717) is 0 Å². The number of fused-ring (bicyclic) bond motifs is 3. The zero-order valence-corrected chi connectivity index (χ0v) is 9.12. The maximum absolute atomic E-state index is 2.32. The van der Waals surface area contributed by atoms with E-state index in [-0.39, 0.29) is 0 Å².